The topological polar surface area (TPSA) is 64.2 Å². The summed E-state index contributed by atoms with van der Waals surface area (Å²) in [5, 5.41) is 6.45. The van der Waals surface area contributed by atoms with E-state index in [1.165, 1.54) is 6.07 Å². The summed E-state index contributed by atoms with van der Waals surface area (Å²) >= 11 is 1.60. The van der Waals surface area contributed by atoms with Crippen LogP contribution in [0.15, 0.2) is 27.9 Å². The Bertz CT molecular complexity index is 754. The van der Waals surface area contributed by atoms with Gasteiger partial charge in [-0.2, -0.15) is 5.10 Å². The van der Waals surface area contributed by atoms with Crippen LogP contribution in [0.1, 0.15) is 16.8 Å². The second-order valence-electron chi connectivity index (χ2n) is 4.58. The smallest absolute Gasteiger partial charge is 0.264 e. The van der Waals surface area contributed by atoms with Gasteiger partial charge in [-0.3, -0.25) is 4.79 Å². The molecule has 1 aromatic heterocycles. The van der Waals surface area contributed by atoms with Gasteiger partial charge >= 0.3 is 0 Å². The zero-order chi connectivity index (χ0) is 16.1. The number of aromatic nitrogens is 2. The summed E-state index contributed by atoms with van der Waals surface area (Å²) in [5.41, 5.74) is 2.18. The molecule has 6 heteroatoms. The molecule has 0 spiro atoms. The molecule has 2 rings (SSSR count). The fraction of sp³-hybridized carbons (Fsp3) is 0.250. The maximum absolute atomic E-state index is 11.2. The molecule has 1 N–H and O–H groups in total. The molecule has 0 bridgehead atoms. The Morgan fingerprint density at radius 1 is 1.14 bits per heavy atom. The summed E-state index contributed by atoms with van der Waals surface area (Å²) in [6.07, 6.45) is 5.71. The summed E-state index contributed by atoms with van der Waals surface area (Å²) in [4.78, 5) is 12.2. The Kier molecular flexibility index (Phi) is 5.27. The molecule has 1 aromatic carbocycles. The molecule has 5 nitrogen and oxygen atoms in total. The molecular formula is C16H18N2O3S. The number of rotatable bonds is 5. The molecule has 116 valence electrons. The average molecular weight is 318 g/mol. The summed E-state index contributed by atoms with van der Waals surface area (Å²) in [5.74, 6) is 1.54. The predicted molar refractivity (Wildman–Crippen MR) is 89.8 cm³/mol. The first-order chi connectivity index (χ1) is 10.6. The van der Waals surface area contributed by atoms with E-state index in [2.05, 4.69) is 10.2 Å². The molecule has 0 atom stereocenters. The number of H-pyrrole nitrogens is 1. The fourth-order valence-corrected chi connectivity index (χ4v) is 2.60. The SMILES string of the molecule is COc1cc(SC)c(OC)cc1C=Cc1n[nH]c(=O)cc1C. The maximum atomic E-state index is 11.2. The largest absolute Gasteiger partial charge is 0.496 e. The number of ether oxygens (including phenoxy) is 2. The van der Waals surface area contributed by atoms with Crippen LogP contribution in [0.25, 0.3) is 12.2 Å². The second-order valence-corrected chi connectivity index (χ2v) is 5.43. The monoisotopic (exact) mass is 318 g/mol. The minimum absolute atomic E-state index is 0.210. The van der Waals surface area contributed by atoms with E-state index >= 15 is 0 Å². The Balaban J connectivity index is 2.43. The van der Waals surface area contributed by atoms with Crippen LogP contribution >= 0.6 is 11.8 Å². The van der Waals surface area contributed by atoms with E-state index in [-0.39, 0.29) is 5.56 Å². The van der Waals surface area contributed by atoms with Crippen molar-refractivity contribution in [2.75, 3.05) is 20.5 Å². The number of nitrogens with zero attached hydrogens (tertiary/aromatic N) is 1. The zero-order valence-corrected chi connectivity index (χ0v) is 13.8. The van der Waals surface area contributed by atoms with Gasteiger partial charge in [0.2, 0.25) is 0 Å². The van der Waals surface area contributed by atoms with Crippen LogP contribution in [-0.2, 0) is 0 Å². The number of methoxy groups -OCH3 is 2. The minimum Gasteiger partial charge on any atom is -0.496 e. The van der Waals surface area contributed by atoms with Gasteiger partial charge in [0.05, 0.1) is 24.8 Å². The van der Waals surface area contributed by atoms with Crippen molar-refractivity contribution >= 4 is 23.9 Å². The predicted octanol–water partition coefficient (Wildman–Crippen LogP) is 2.99. The number of aryl methyl sites for hydroxylation is 1. The van der Waals surface area contributed by atoms with E-state index in [1.54, 1.807) is 26.0 Å². The lowest BCUT2D eigenvalue weighted by molar-refractivity contribution is 0.393. The molecule has 0 aliphatic heterocycles. The lowest BCUT2D eigenvalue weighted by Crippen LogP contribution is -2.08. The van der Waals surface area contributed by atoms with Crippen LogP contribution in [0.4, 0.5) is 0 Å². The average Bonchev–Trinajstić information content (AvgIpc) is 2.53. The van der Waals surface area contributed by atoms with Gasteiger partial charge in [-0.05, 0) is 43.0 Å². The zero-order valence-electron chi connectivity index (χ0n) is 13.0. The highest BCUT2D eigenvalue weighted by Gasteiger charge is 2.09. The van der Waals surface area contributed by atoms with Crippen molar-refractivity contribution < 1.29 is 9.47 Å². The van der Waals surface area contributed by atoms with Crippen LogP contribution in [0.5, 0.6) is 11.5 Å². The molecule has 22 heavy (non-hydrogen) atoms. The van der Waals surface area contributed by atoms with E-state index in [4.69, 9.17) is 9.47 Å². The Labute approximate surface area is 133 Å². The number of benzene rings is 1. The van der Waals surface area contributed by atoms with Crippen molar-refractivity contribution in [2.24, 2.45) is 0 Å². The summed E-state index contributed by atoms with van der Waals surface area (Å²) in [7, 11) is 3.27. The Morgan fingerprint density at radius 3 is 2.45 bits per heavy atom. The highest BCUT2D eigenvalue weighted by atomic mass is 32.2. The van der Waals surface area contributed by atoms with Crippen LogP contribution in [0.2, 0.25) is 0 Å². The van der Waals surface area contributed by atoms with Crippen molar-refractivity contribution in [3.8, 4) is 11.5 Å². The molecule has 0 aliphatic rings. The third-order valence-electron chi connectivity index (χ3n) is 3.19. The van der Waals surface area contributed by atoms with E-state index in [0.29, 0.717) is 5.69 Å². The first-order valence-electron chi connectivity index (χ1n) is 6.63. The molecule has 0 saturated carbocycles. The standard InChI is InChI=1S/C16H18N2O3S/c1-10-7-16(19)18-17-12(10)6-5-11-8-14(21-3)15(22-4)9-13(11)20-2/h5-9H,1-4H3,(H,18,19). The molecule has 0 saturated heterocycles. The van der Waals surface area contributed by atoms with Gasteiger partial charge in [-0.15, -0.1) is 11.8 Å². The van der Waals surface area contributed by atoms with Crippen molar-refractivity contribution in [1.29, 1.82) is 0 Å². The van der Waals surface area contributed by atoms with Gasteiger partial charge in [0.15, 0.2) is 0 Å². The Hall–Kier alpha value is -2.21. The quantitative estimate of drug-likeness (QED) is 0.859. The van der Waals surface area contributed by atoms with E-state index in [1.807, 2.05) is 37.5 Å². The van der Waals surface area contributed by atoms with Crippen molar-refractivity contribution in [1.82, 2.24) is 10.2 Å². The lowest BCUT2D eigenvalue weighted by atomic mass is 10.1. The summed E-state index contributed by atoms with van der Waals surface area (Å²) in [6.45, 7) is 1.84. The van der Waals surface area contributed by atoms with E-state index in [9.17, 15) is 4.79 Å². The number of hydrogen-bond acceptors (Lipinski definition) is 5. The Morgan fingerprint density at radius 2 is 1.86 bits per heavy atom. The number of hydrogen-bond donors (Lipinski definition) is 1. The molecule has 0 fully saturated rings. The molecule has 0 radical (unpaired) electrons. The van der Waals surface area contributed by atoms with Gasteiger partial charge in [-0.1, -0.05) is 0 Å². The van der Waals surface area contributed by atoms with Gasteiger partial charge in [0, 0.05) is 11.6 Å². The molecule has 0 amide bonds. The highest BCUT2D eigenvalue weighted by molar-refractivity contribution is 7.98. The van der Waals surface area contributed by atoms with Crippen molar-refractivity contribution in [3.63, 3.8) is 0 Å². The number of nitrogens with one attached hydrogen (secondary N) is 1. The van der Waals surface area contributed by atoms with Crippen molar-refractivity contribution in [3.05, 3.63) is 45.4 Å². The molecule has 0 unspecified atom stereocenters. The normalized spacial score (nSPS) is 10.9. The molecule has 1 heterocycles. The van der Waals surface area contributed by atoms with Crippen LogP contribution in [0.3, 0.4) is 0 Å². The molecular weight excluding hydrogens is 300 g/mol. The van der Waals surface area contributed by atoms with Gasteiger partial charge < -0.3 is 9.47 Å². The van der Waals surface area contributed by atoms with Crippen LogP contribution < -0.4 is 15.0 Å². The van der Waals surface area contributed by atoms with Crippen molar-refractivity contribution in [2.45, 2.75) is 11.8 Å². The third kappa shape index (κ3) is 3.51. The maximum Gasteiger partial charge on any atom is 0.264 e. The minimum atomic E-state index is -0.210. The second kappa shape index (κ2) is 7.17. The summed E-state index contributed by atoms with van der Waals surface area (Å²) < 4.78 is 10.8. The fourth-order valence-electron chi connectivity index (χ4n) is 2.03. The summed E-state index contributed by atoms with van der Waals surface area (Å²) in [6, 6.07) is 5.37. The third-order valence-corrected chi connectivity index (χ3v) is 3.95. The highest BCUT2D eigenvalue weighted by Crippen LogP contribution is 2.35. The number of thioether (sulfide) groups is 1. The van der Waals surface area contributed by atoms with Crippen LogP contribution in [-0.4, -0.2) is 30.7 Å². The molecule has 0 aliphatic carbocycles. The first-order valence-corrected chi connectivity index (χ1v) is 7.86. The number of aromatic amines is 1. The lowest BCUT2D eigenvalue weighted by Gasteiger charge is -2.11. The van der Waals surface area contributed by atoms with Gasteiger partial charge in [-0.25, -0.2) is 5.10 Å². The first kappa shape index (κ1) is 16.2. The van der Waals surface area contributed by atoms with E-state index < -0.39 is 0 Å². The van der Waals surface area contributed by atoms with Crippen LogP contribution in [0, 0.1) is 6.92 Å². The van der Waals surface area contributed by atoms with E-state index in [0.717, 1.165) is 27.5 Å². The van der Waals surface area contributed by atoms with Gasteiger partial charge in [0.1, 0.15) is 11.5 Å². The van der Waals surface area contributed by atoms with Gasteiger partial charge in [0.25, 0.3) is 5.56 Å². The molecule has 2 aromatic rings.